The van der Waals surface area contributed by atoms with Gasteiger partial charge >= 0.3 is 0 Å². The predicted octanol–water partition coefficient (Wildman–Crippen LogP) is 2.60. The van der Waals surface area contributed by atoms with E-state index in [4.69, 9.17) is 0 Å². The van der Waals surface area contributed by atoms with Gasteiger partial charge in [0.25, 0.3) is 11.8 Å². The van der Waals surface area contributed by atoms with Crippen molar-refractivity contribution < 1.29 is 19.5 Å². The molecule has 3 amide bonds. The largest absolute Gasteiger partial charge is 0.394 e. The number of aromatic nitrogens is 1. The number of rotatable bonds is 9. The molecule has 40 heavy (non-hydrogen) atoms. The summed E-state index contributed by atoms with van der Waals surface area (Å²) in [6.07, 6.45) is 3.66. The average molecular weight is 551 g/mol. The van der Waals surface area contributed by atoms with Gasteiger partial charge in [-0.25, -0.2) is 4.98 Å². The van der Waals surface area contributed by atoms with Crippen molar-refractivity contribution in [1.82, 2.24) is 20.1 Å². The molecular formula is C30H42N6O4. The van der Waals surface area contributed by atoms with Crippen LogP contribution in [0.1, 0.15) is 60.7 Å². The number of benzene rings is 1. The van der Waals surface area contributed by atoms with Crippen LogP contribution in [0.4, 0.5) is 11.5 Å². The number of hydrogen-bond donors (Lipinski definition) is 3. The van der Waals surface area contributed by atoms with Crippen molar-refractivity contribution in [1.29, 1.82) is 0 Å². The monoisotopic (exact) mass is 550 g/mol. The number of pyridine rings is 1. The molecule has 1 aromatic carbocycles. The number of piperidine rings is 1. The molecule has 0 unspecified atom stereocenters. The Hall–Kier alpha value is -3.66. The van der Waals surface area contributed by atoms with E-state index in [-0.39, 0.29) is 36.3 Å². The van der Waals surface area contributed by atoms with E-state index >= 15 is 0 Å². The number of nitrogens with zero attached hydrogens (tertiary/aromatic N) is 4. The second-order valence-electron chi connectivity index (χ2n) is 10.9. The Kier molecular flexibility index (Phi) is 9.98. The third-order valence-electron chi connectivity index (χ3n) is 7.69. The SMILES string of the molecule is CC[C@@H](CO)NC(=O)C1CCN(C(=O)c2ccc(C(=O)N3CCN(c4ncccc4NC(C)C)CC3)cc2)CC1. The van der Waals surface area contributed by atoms with Crippen molar-refractivity contribution in [3.05, 3.63) is 53.7 Å². The van der Waals surface area contributed by atoms with Gasteiger partial charge in [-0.1, -0.05) is 6.92 Å². The molecule has 10 nitrogen and oxygen atoms in total. The highest BCUT2D eigenvalue weighted by molar-refractivity contribution is 5.98. The van der Waals surface area contributed by atoms with Crippen molar-refractivity contribution in [2.24, 2.45) is 5.92 Å². The van der Waals surface area contributed by atoms with Crippen molar-refractivity contribution in [3.8, 4) is 0 Å². The minimum absolute atomic E-state index is 0.0414. The predicted molar refractivity (Wildman–Crippen MR) is 155 cm³/mol. The molecule has 0 spiro atoms. The number of carbonyl (C=O) groups is 3. The molecule has 0 aliphatic carbocycles. The van der Waals surface area contributed by atoms with E-state index < -0.39 is 0 Å². The maximum absolute atomic E-state index is 13.2. The third kappa shape index (κ3) is 7.10. The van der Waals surface area contributed by atoms with Crippen molar-refractivity contribution in [2.75, 3.05) is 56.1 Å². The van der Waals surface area contributed by atoms with Crippen molar-refractivity contribution in [2.45, 2.75) is 52.1 Å². The van der Waals surface area contributed by atoms with Gasteiger partial charge in [0, 0.05) is 68.6 Å². The molecule has 3 heterocycles. The molecule has 2 fully saturated rings. The lowest BCUT2D eigenvalue weighted by Crippen LogP contribution is -2.49. The molecule has 0 bridgehead atoms. The second-order valence-corrected chi connectivity index (χ2v) is 10.9. The number of aliphatic hydroxyl groups excluding tert-OH is 1. The summed E-state index contributed by atoms with van der Waals surface area (Å²) in [4.78, 5) is 49.1. The zero-order valence-electron chi connectivity index (χ0n) is 23.8. The van der Waals surface area contributed by atoms with Crippen LogP contribution >= 0.6 is 0 Å². The van der Waals surface area contributed by atoms with Crippen molar-refractivity contribution >= 4 is 29.2 Å². The van der Waals surface area contributed by atoms with Gasteiger partial charge in [-0.05, 0) is 69.5 Å². The van der Waals surface area contributed by atoms with E-state index in [1.165, 1.54) is 0 Å². The zero-order valence-corrected chi connectivity index (χ0v) is 23.8. The van der Waals surface area contributed by atoms with Gasteiger partial charge in [0.2, 0.25) is 5.91 Å². The molecule has 2 aliphatic rings. The van der Waals surface area contributed by atoms with Gasteiger partial charge in [0.15, 0.2) is 5.82 Å². The molecule has 2 saturated heterocycles. The standard InChI is InChI=1S/C30H42N6O4/c1-4-25(20-37)33-28(38)22-11-14-35(15-12-22)29(39)23-7-9-24(10-8-23)30(40)36-18-16-34(17-19-36)27-26(32-21(2)3)6-5-13-31-27/h5-10,13,21-22,25,32,37H,4,11-12,14-20H2,1-3H3,(H,33,38)/t25-/m0/s1. The van der Waals surface area contributed by atoms with Gasteiger partial charge in [0.1, 0.15) is 0 Å². The topological polar surface area (TPSA) is 118 Å². The maximum atomic E-state index is 13.2. The fraction of sp³-hybridized carbons (Fsp3) is 0.533. The highest BCUT2D eigenvalue weighted by Gasteiger charge is 2.29. The number of carbonyl (C=O) groups excluding carboxylic acids is 3. The summed E-state index contributed by atoms with van der Waals surface area (Å²) >= 11 is 0. The molecule has 0 saturated carbocycles. The number of nitrogens with one attached hydrogen (secondary N) is 2. The van der Waals surface area contributed by atoms with Crippen LogP contribution in [0.5, 0.6) is 0 Å². The summed E-state index contributed by atoms with van der Waals surface area (Å²) in [5.41, 5.74) is 2.10. The van der Waals surface area contributed by atoms with Crippen molar-refractivity contribution in [3.63, 3.8) is 0 Å². The molecule has 216 valence electrons. The smallest absolute Gasteiger partial charge is 0.253 e. The third-order valence-corrected chi connectivity index (χ3v) is 7.69. The fourth-order valence-corrected chi connectivity index (χ4v) is 5.26. The van der Waals surface area contributed by atoms with Crippen LogP contribution in [0.15, 0.2) is 42.6 Å². The molecule has 1 atom stereocenters. The Labute approximate surface area is 236 Å². The van der Waals surface area contributed by atoms with Crippen LogP contribution in [0.2, 0.25) is 0 Å². The van der Waals surface area contributed by atoms with Gasteiger partial charge in [-0.2, -0.15) is 0 Å². The Morgan fingerprint density at radius 3 is 2.02 bits per heavy atom. The van der Waals surface area contributed by atoms with Crippen LogP contribution in [0.3, 0.4) is 0 Å². The molecule has 10 heteroatoms. The first kappa shape index (κ1) is 29.3. The van der Waals surface area contributed by atoms with Gasteiger partial charge in [-0.3, -0.25) is 14.4 Å². The number of aliphatic hydroxyl groups is 1. The lowest BCUT2D eigenvalue weighted by atomic mass is 9.95. The first-order valence-corrected chi connectivity index (χ1v) is 14.4. The minimum Gasteiger partial charge on any atom is -0.394 e. The molecule has 2 aliphatic heterocycles. The number of anilines is 2. The summed E-state index contributed by atoms with van der Waals surface area (Å²) in [6.45, 7) is 9.62. The van der Waals surface area contributed by atoms with Crippen LogP contribution < -0.4 is 15.5 Å². The molecule has 4 rings (SSSR count). The average Bonchev–Trinajstić information content (AvgIpc) is 2.99. The number of likely N-dealkylation sites (tertiary alicyclic amines) is 1. The first-order valence-electron chi connectivity index (χ1n) is 14.4. The van der Waals surface area contributed by atoms with Crippen LogP contribution in [-0.2, 0) is 4.79 Å². The first-order chi connectivity index (χ1) is 19.3. The zero-order chi connectivity index (χ0) is 28.6. The van der Waals surface area contributed by atoms with Crippen LogP contribution in [-0.4, -0.2) is 95.6 Å². The quantitative estimate of drug-likeness (QED) is 0.439. The Bertz CT molecular complexity index is 1150. The fourth-order valence-electron chi connectivity index (χ4n) is 5.26. The number of piperazine rings is 1. The number of hydrogen-bond acceptors (Lipinski definition) is 7. The number of amides is 3. The highest BCUT2D eigenvalue weighted by atomic mass is 16.3. The van der Waals surface area contributed by atoms with Gasteiger partial charge < -0.3 is 30.4 Å². The normalized spacial score (nSPS) is 17.1. The molecule has 2 aromatic rings. The maximum Gasteiger partial charge on any atom is 0.253 e. The summed E-state index contributed by atoms with van der Waals surface area (Å²) < 4.78 is 0. The second kappa shape index (κ2) is 13.6. The summed E-state index contributed by atoms with van der Waals surface area (Å²) in [5, 5.41) is 15.7. The Morgan fingerprint density at radius 1 is 0.925 bits per heavy atom. The lowest BCUT2D eigenvalue weighted by Gasteiger charge is -2.36. The highest BCUT2D eigenvalue weighted by Crippen LogP contribution is 2.25. The van der Waals surface area contributed by atoms with Crippen LogP contribution in [0, 0.1) is 5.92 Å². The molecule has 3 N–H and O–H groups in total. The molecular weight excluding hydrogens is 508 g/mol. The van der Waals surface area contributed by atoms with E-state index in [1.54, 1.807) is 35.4 Å². The molecule has 0 radical (unpaired) electrons. The Morgan fingerprint density at radius 2 is 1.50 bits per heavy atom. The minimum atomic E-state index is -0.224. The summed E-state index contributed by atoms with van der Waals surface area (Å²) in [7, 11) is 0. The van der Waals surface area contributed by atoms with E-state index in [1.807, 2.05) is 24.0 Å². The van der Waals surface area contributed by atoms with Gasteiger partial charge in [-0.15, -0.1) is 0 Å². The van der Waals surface area contributed by atoms with E-state index in [0.717, 1.165) is 11.5 Å². The Balaban J connectivity index is 1.28. The summed E-state index contributed by atoms with van der Waals surface area (Å²) in [6, 6.07) is 10.9. The summed E-state index contributed by atoms with van der Waals surface area (Å²) in [5.74, 6) is 0.575. The lowest BCUT2D eigenvalue weighted by molar-refractivity contribution is -0.127. The van der Waals surface area contributed by atoms with E-state index in [0.29, 0.717) is 75.7 Å². The van der Waals surface area contributed by atoms with E-state index in [2.05, 4.69) is 34.4 Å². The van der Waals surface area contributed by atoms with E-state index in [9.17, 15) is 19.5 Å². The van der Waals surface area contributed by atoms with Crippen LogP contribution in [0.25, 0.3) is 0 Å². The van der Waals surface area contributed by atoms with Gasteiger partial charge in [0.05, 0.1) is 18.3 Å². The molecule has 1 aromatic heterocycles.